The third-order valence-corrected chi connectivity index (χ3v) is 4.86. The van der Waals surface area contributed by atoms with Crippen molar-refractivity contribution in [3.63, 3.8) is 0 Å². The highest BCUT2D eigenvalue weighted by Crippen LogP contribution is 2.48. The Labute approximate surface area is 132 Å². The molecule has 0 aromatic carbocycles. The zero-order valence-corrected chi connectivity index (χ0v) is 13.3. The lowest BCUT2D eigenvalue weighted by atomic mass is 9.97. The van der Waals surface area contributed by atoms with Gasteiger partial charge in [0.2, 0.25) is 0 Å². The fraction of sp³-hybridized carbons (Fsp3) is 0.643. The molecular formula is C14H17ClN4O3. The van der Waals surface area contributed by atoms with Gasteiger partial charge in [0, 0.05) is 6.42 Å². The second kappa shape index (κ2) is 4.38. The second-order valence-corrected chi connectivity index (χ2v) is 6.96. The van der Waals surface area contributed by atoms with Crippen LogP contribution in [0.2, 0.25) is 5.15 Å². The van der Waals surface area contributed by atoms with Crippen LogP contribution < -0.4 is 0 Å². The normalized spacial score (nSPS) is 36.9. The van der Waals surface area contributed by atoms with Gasteiger partial charge < -0.3 is 19.1 Å². The molecule has 8 heteroatoms. The van der Waals surface area contributed by atoms with Gasteiger partial charge in [-0.2, -0.15) is 0 Å². The highest BCUT2D eigenvalue weighted by molar-refractivity contribution is 6.33. The van der Waals surface area contributed by atoms with Crippen molar-refractivity contribution in [1.82, 2.24) is 19.5 Å². The van der Waals surface area contributed by atoms with Crippen molar-refractivity contribution in [3.8, 4) is 0 Å². The van der Waals surface area contributed by atoms with Crippen LogP contribution in [0.25, 0.3) is 11.2 Å². The number of aliphatic hydroxyl groups is 1. The number of aromatic nitrogens is 4. The van der Waals surface area contributed by atoms with Crippen LogP contribution in [0.15, 0.2) is 12.7 Å². The molecule has 3 heterocycles. The third-order valence-electron chi connectivity index (χ3n) is 4.58. The molecule has 1 aliphatic heterocycles. The van der Waals surface area contributed by atoms with Crippen molar-refractivity contribution in [3.05, 3.63) is 17.8 Å². The SMILES string of the molecule is CC1(C)O[C@H]2[C@@H](O1)[C@](C)(n1cnc3c(Cl)ncnc31)C[C@@H]2O. The average molecular weight is 325 g/mol. The van der Waals surface area contributed by atoms with Crippen LogP contribution >= 0.6 is 11.6 Å². The lowest BCUT2D eigenvalue weighted by Gasteiger charge is -2.32. The minimum Gasteiger partial charge on any atom is -0.390 e. The van der Waals surface area contributed by atoms with E-state index in [0.29, 0.717) is 22.7 Å². The zero-order chi connectivity index (χ0) is 15.7. The van der Waals surface area contributed by atoms with Crippen molar-refractivity contribution >= 4 is 22.8 Å². The summed E-state index contributed by atoms with van der Waals surface area (Å²) < 4.78 is 13.8. The molecule has 0 bridgehead atoms. The largest absolute Gasteiger partial charge is 0.390 e. The lowest BCUT2D eigenvalue weighted by Crippen LogP contribution is -2.41. The Balaban J connectivity index is 1.85. The van der Waals surface area contributed by atoms with E-state index in [9.17, 15) is 5.11 Å². The molecule has 0 amide bonds. The van der Waals surface area contributed by atoms with Gasteiger partial charge in [-0.3, -0.25) is 0 Å². The molecule has 118 valence electrons. The van der Waals surface area contributed by atoms with Gasteiger partial charge >= 0.3 is 0 Å². The Hall–Kier alpha value is -1.28. The molecule has 2 aliphatic rings. The maximum atomic E-state index is 10.4. The van der Waals surface area contributed by atoms with Gasteiger partial charge in [0.1, 0.15) is 24.1 Å². The molecule has 22 heavy (non-hydrogen) atoms. The van der Waals surface area contributed by atoms with E-state index >= 15 is 0 Å². The van der Waals surface area contributed by atoms with E-state index in [1.807, 2.05) is 25.3 Å². The molecule has 1 aliphatic carbocycles. The highest BCUT2D eigenvalue weighted by Gasteiger charge is 2.60. The average Bonchev–Trinajstić information content (AvgIpc) is 3.05. The van der Waals surface area contributed by atoms with E-state index in [-0.39, 0.29) is 12.2 Å². The first-order valence-corrected chi connectivity index (χ1v) is 7.57. The maximum Gasteiger partial charge on any atom is 0.165 e. The molecule has 0 unspecified atom stereocenters. The third kappa shape index (κ3) is 1.83. The van der Waals surface area contributed by atoms with Crippen molar-refractivity contribution < 1.29 is 14.6 Å². The molecule has 1 N–H and O–H groups in total. The van der Waals surface area contributed by atoms with Gasteiger partial charge in [-0.05, 0) is 20.8 Å². The standard InChI is InChI=1S/C14H17ClN4O3/c1-13(2)21-9-7(20)4-14(3,10(9)22-13)19-6-18-8-11(15)16-5-17-12(8)19/h5-7,9-10,20H,4H2,1-3H3/t7-,9+,10+,14+/m0/s1. The van der Waals surface area contributed by atoms with Crippen LogP contribution in [-0.2, 0) is 15.0 Å². The molecule has 4 atom stereocenters. The van der Waals surface area contributed by atoms with Gasteiger partial charge in [-0.25, -0.2) is 15.0 Å². The summed E-state index contributed by atoms with van der Waals surface area (Å²) in [5.41, 5.74) is 0.648. The van der Waals surface area contributed by atoms with E-state index in [2.05, 4.69) is 15.0 Å². The molecule has 2 fully saturated rings. The minimum atomic E-state index is -0.721. The van der Waals surface area contributed by atoms with E-state index < -0.39 is 17.4 Å². The van der Waals surface area contributed by atoms with Gasteiger partial charge in [-0.1, -0.05) is 11.6 Å². The first-order chi connectivity index (χ1) is 10.3. The molecule has 7 nitrogen and oxygen atoms in total. The second-order valence-electron chi connectivity index (χ2n) is 6.60. The summed E-state index contributed by atoms with van der Waals surface area (Å²) >= 11 is 6.08. The maximum absolute atomic E-state index is 10.4. The Morgan fingerprint density at radius 3 is 2.82 bits per heavy atom. The fourth-order valence-electron chi connectivity index (χ4n) is 3.62. The van der Waals surface area contributed by atoms with Gasteiger partial charge in [0.15, 0.2) is 16.6 Å². The number of hydrogen-bond donors (Lipinski definition) is 1. The van der Waals surface area contributed by atoms with Crippen molar-refractivity contribution in [2.45, 2.75) is 56.8 Å². The van der Waals surface area contributed by atoms with E-state index in [0.717, 1.165) is 0 Å². The topological polar surface area (TPSA) is 82.3 Å². The first-order valence-electron chi connectivity index (χ1n) is 7.19. The fourth-order valence-corrected chi connectivity index (χ4v) is 3.80. The van der Waals surface area contributed by atoms with Crippen LogP contribution in [0.3, 0.4) is 0 Å². The van der Waals surface area contributed by atoms with Gasteiger partial charge in [0.05, 0.1) is 18.0 Å². The summed E-state index contributed by atoms with van der Waals surface area (Å²) in [6.45, 7) is 5.72. The predicted molar refractivity (Wildman–Crippen MR) is 78.4 cm³/mol. The highest BCUT2D eigenvalue weighted by atomic mass is 35.5. The summed E-state index contributed by atoms with van der Waals surface area (Å²) in [6.07, 6.45) is 2.32. The lowest BCUT2D eigenvalue weighted by molar-refractivity contribution is -0.172. The number of rotatable bonds is 1. The summed E-state index contributed by atoms with van der Waals surface area (Å²) in [5.74, 6) is -0.721. The summed E-state index contributed by atoms with van der Waals surface area (Å²) in [4.78, 5) is 12.6. The number of aliphatic hydroxyl groups excluding tert-OH is 1. The quantitative estimate of drug-likeness (QED) is 0.800. The number of imidazole rings is 1. The number of halogens is 1. The Bertz CT molecular complexity index is 749. The summed E-state index contributed by atoms with van der Waals surface area (Å²) in [7, 11) is 0. The van der Waals surface area contributed by atoms with Gasteiger partial charge in [0.25, 0.3) is 0 Å². The van der Waals surface area contributed by atoms with Crippen molar-refractivity contribution in [2.75, 3.05) is 0 Å². The molecule has 0 radical (unpaired) electrons. The van der Waals surface area contributed by atoms with E-state index in [4.69, 9.17) is 21.1 Å². The van der Waals surface area contributed by atoms with Gasteiger partial charge in [-0.15, -0.1) is 0 Å². The number of ether oxygens (including phenoxy) is 2. The van der Waals surface area contributed by atoms with Crippen LogP contribution in [0.1, 0.15) is 27.2 Å². The first kappa shape index (κ1) is 14.3. The van der Waals surface area contributed by atoms with Crippen LogP contribution in [0.5, 0.6) is 0 Å². The Kier molecular flexibility index (Phi) is 2.85. The Morgan fingerprint density at radius 1 is 1.27 bits per heavy atom. The number of fused-ring (bicyclic) bond motifs is 2. The minimum absolute atomic E-state index is 0.288. The van der Waals surface area contributed by atoms with Crippen LogP contribution in [0.4, 0.5) is 0 Å². The molecule has 2 aromatic heterocycles. The van der Waals surface area contributed by atoms with Crippen molar-refractivity contribution in [1.29, 1.82) is 0 Å². The van der Waals surface area contributed by atoms with Crippen molar-refractivity contribution in [2.24, 2.45) is 0 Å². The smallest absolute Gasteiger partial charge is 0.165 e. The van der Waals surface area contributed by atoms with E-state index in [1.165, 1.54) is 6.33 Å². The molecule has 0 spiro atoms. The zero-order valence-electron chi connectivity index (χ0n) is 12.5. The van der Waals surface area contributed by atoms with E-state index in [1.54, 1.807) is 6.33 Å². The predicted octanol–water partition coefficient (Wildman–Crippen LogP) is 1.48. The Morgan fingerprint density at radius 2 is 2.05 bits per heavy atom. The number of hydrogen-bond acceptors (Lipinski definition) is 6. The summed E-state index contributed by atoms with van der Waals surface area (Å²) in [6, 6.07) is 0. The van der Waals surface area contributed by atoms with Crippen LogP contribution in [0, 0.1) is 0 Å². The number of nitrogens with zero attached hydrogens (tertiary/aromatic N) is 4. The monoisotopic (exact) mass is 324 g/mol. The molecule has 1 saturated heterocycles. The molecule has 2 aromatic rings. The van der Waals surface area contributed by atoms with Crippen LogP contribution in [-0.4, -0.2) is 48.7 Å². The molecular weight excluding hydrogens is 308 g/mol. The molecule has 4 rings (SSSR count). The molecule has 1 saturated carbocycles. The summed E-state index contributed by atoms with van der Waals surface area (Å²) in [5, 5.41) is 10.7.